The first kappa shape index (κ1) is 22.6. The Balaban J connectivity index is 1.41. The second kappa shape index (κ2) is 10.4. The molecular weight excluding hydrogens is 426 g/mol. The van der Waals surface area contributed by atoms with Crippen LogP contribution in [0.25, 0.3) is 0 Å². The predicted octanol–water partition coefficient (Wildman–Crippen LogP) is 3.03. The molecule has 0 bridgehead atoms. The van der Waals surface area contributed by atoms with Gasteiger partial charge in [0.25, 0.3) is 15.9 Å². The summed E-state index contributed by atoms with van der Waals surface area (Å²) in [5.41, 5.74) is 0.446. The SMILES string of the molecule is O=C(NCCCN1CCCCCC1)[C@H]1CN(S(=O)(=O)c2ccccc2)c2ccccc2O1. The molecule has 32 heavy (non-hydrogen) atoms. The maximum atomic E-state index is 13.3. The van der Waals surface area contributed by atoms with Crippen molar-refractivity contribution in [1.82, 2.24) is 10.2 Å². The van der Waals surface area contributed by atoms with Gasteiger partial charge in [0.2, 0.25) is 0 Å². The number of carbonyl (C=O) groups is 1. The third-order valence-electron chi connectivity index (χ3n) is 6.01. The van der Waals surface area contributed by atoms with E-state index in [4.69, 9.17) is 4.74 Å². The maximum absolute atomic E-state index is 13.3. The molecule has 1 N–H and O–H groups in total. The van der Waals surface area contributed by atoms with Gasteiger partial charge in [-0.25, -0.2) is 8.42 Å². The van der Waals surface area contributed by atoms with E-state index in [9.17, 15) is 13.2 Å². The number of para-hydroxylation sites is 2. The highest BCUT2D eigenvalue weighted by Gasteiger charge is 2.37. The van der Waals surface area contributed by atoms with Crippen LogP contribution in [0.3, 0.4) is 0 Å². The topological polar surface area (TPSA) is 79.0 Å². The molecular formula is C24H31N3O4S. The van der Waals surface area contributed by atoms with Crippen LogP contribution in [-0.2, 0) is 14.8 Å². The van der Waals surface area contributed by atoms with Crippen LogP contribution in [0.1, 0.15) is 32.1 Å². The first-order valence-corrected chi connectivity index (χ1v) is 12.8. The highest BCUT2D eigenvalue weighted by molar-refractivity contribution is 7.92. The number of sulfonamides is 1. The van der Waals surface area contributed by atoms with Crippen molar-refractivity contribution < 1.29 is 17.9 Å². The van der Waals surface area contributed by atoms with Gasteiger partial charge in [-0.2, -0.15) is 0 Å². The molecule has 8 heteroatoms. The van der Waals surface area contributed by atoms with Crippen LogP contribution in [0.15, 0.2) is 59.5 Å². The Kier molecular flexibility index (Phi) is 7.32. The highest BCUT2D eigenvalue weighted by Crippen LogP contribution is 2.36. The number of likely N-dealkylation sites (tertiary alicyclic amines) is 1. The van der Waals surface area contributed by atoms with E-state index in [2.05, 4.69) is 10.2 Å². The van der Waals surface area contributed by atoms with E-state index in [-0.39, 0.29) is 17.3 Å². The summed E-state index contributed by atoms with van der Waals surface area (Å²) in [6, 6.07) is 15.2. The summed E-state index contributed by atoms with van der Waals surface area (Å²) in [5, 5.41) is 2.94. The molecule has 0 saturated carbocycles. The van der Waals surface area contributed by atoms with E-state index in [0.717, 1.165) is 26.1 Å². The third kappa shape index (κ3) is 5.24. The lowest BCUT2D eigenvalue weighted by molar-refractivity contribution is -0.127. The lowest BCUT2D eigenvalue weighted by Gasteiger charge is -2.34. The number of carbonyl (C=O) groups excluding carboxylic acids is 1. The van der Waals surface area contributed by atoms with Crippen molar-refractivity contribution in [2.24, 2.45) is 0 Å². The van der Waals surface area contributed by atoms with Gasteiger partial charge in [-0.1, -0.05) is 43.2 Å². The van der Waals surface area contributed by atoms with Gasteiger partial charge in [-0.05, 0) is 63.2 Å². The Bertz CT molecular complexity index is 1000. The molecule has 0 aromatic heterocycles. The van der Waals surface area contributed by atoms with Crippen LogP contribution < -0.4 is 14.4 Å². The molecule has 1 fully saturated rings. The number of nitrogens with zero attached hydrogens (tertiary/aromatic N) is 2. The van der Waals surface area contributed by atoms with Crippen LogP contribution in [0.5, 0.6) is 5.75 Å². The summed E-state index contributed by atoms with van der Waals surface area (Å²) >= 11 is 0. The molecule has 2 aliphatic rings. The number of nitrogens with one attached hydrogen (secondary N) is 1. The summed E-state index contributed by atoms with van der Waals surface area (Å²) < 4.78 is 33.8. The van der Waals surface area contributed by atoms with Crippen molar-refractivity contribution in [3.05, 3.63) is 54.6 Å². The largest absolute Gasteiger partial charge is 0.476 e. The number of ether oxygens (including phenoxy) is 1. The van der Waals surface area contributed by atoms with Gasteiger partial charge in [0.15, 0.2) is 6.10 Å². The van der Waals surface area contributed by atoms with Gasteiger partial charge >= 0.3 is 0 Å². The third-order valence-corrected chi connectivity index (χ3v) is 7.80. The van der Waals surface area contributed by atoms with E-state index in [1.165, 1.54) is 30.0 Å². The van der Waals surface area contributed by atoms with Crippen molar-refractivity contribution in [2.45, 2.75) is 43.1 Å². The van der Waals surface area contributed by atoms with Crippen molar-refractivity contribution >= 4 is 21.6 Å². The Hall–Kier alpha value is -2.58. The zero-order chi connectivity index (χ0) is 22.4. The Morgan fingerprint density at radius 2 is 1.66 bits per heavy atom. The molecule has 172 valence electrons. The van der Waals surface area contributed by atoms with Crippen molar-refractivity contribution in [2.75, 3.05) is 37.0 Å². The Labute approximate surface area is 190 Å². The smallest absolute Gasteiger partial charge is 0.264 e. The average molecular weight is 458 g/mol. The number of amides is 1. The zero-order valence-electron chi connectivity index (χ0n) is 18.3. The highest BCUT2D eigenvalue weighted by atomic mass is 32.2. The summed E-state index contributed by atoms with van der Waals surface area (Å²) in [7, 11) is -3.82. The molecule has 1 atom stereocenters. The number of hydrogen-bond donors (Lipinski definition) is 1. The fourth-order valence-electron chi connectivity index (χ4n) is 4.27. The minimum atomic E-state index is -3.82. The second-order valence-corrected chi connectivity index (χ2v) is 10.2. The standard InChI is InChI=1S/C24H31N3O4S/c28-24(25-15-10-18-26-16-8-1-2-9-17-26)23-19-27(21-13-6-7-14-22(21)31-23)32(29,30)20-11-4-3-5-12-20/h3-7,11-14,23H,1-2,8-10,15-19H2,(H,25,28)/t23-/m1/s1. The first-order chi connectivity index (χ1) is 15.6. The minimum absolute atomic E-state index is 0.0633. The van der Waals surface area contributed by atoms with Crippen LogP contribution in [0, 0.1) is 0 Å². The van der Waals surface area contributed by atoms with Crippen LogP contribution in [0.4, 0.5) is 5.69 Å². The molecule has 1 saturated heterocycles. The summed E-state index contributed by atoms with van der Waals surface area (Å²) in [6.07, 6.45) is 5.05. The van der Waals surface area contributed by atoms with E-state index >= 15 is 0 Å². The lowest BCUT2D eigenvalue weighted by Crippen LogP contribution is -2.51. The molecule has 2 aromatic rings. The van der Waals surface area contributed by atoms with Crippen molar-refractivity contribution in [3.63, 3.8) is 0 Å². The van der Waals surface area contributed by atoms with E-state index in [1.807, 2.05) is 0 Å². The normalized spacial score (nSPS) is 19.5. The van der Waals surface area contributed by atoms with Gasteiger partial charge in [-0.15, -0.1) is 0 Å². The molecule has 2 aliphatic heterocycles. The molecule has 1 amide bonds. The molecule has 0 spiro atoms. The monoisotopic (exact) mass is 457 g/mol. The Morgan fingerprint density at radius 1 is 0.969 bits per heavy atom. The van der Waals surface area contributed by atoms with Gasteiger partial charge in [-0.3, -0.25) is 9.10 Å². The summed E-state index contributed by atoms with van der Waals surface area (Å²) in [4.78, 5) is 15.5. The fourth-order valence-corrected chi connectivity index (χ4v) is 5.77. The van der Waals surface area contributed by atoms with Gasteiger partial charge in [0.1, 0.15) is 5.75 Å². The number of anilines is 1. The van der Waals surface area contributed by atoms with E-state index in [1.54, 1.807) is 54.6 Å². The van der Waals surface area contributed by atoms with Gasteiger partial charge < -0.3 is 15.0 Å². The van der Waals surface area contributed by atoms with Gasteiger partial charge in [0.05, 0.1) is 17.1 Å². The molecule has 0 radical (unpaired) electrons. The van der Waals surface area contributed by atoms with Crippen molar-refractivity contribution in [3.8, 4) is 5.75 Å². The predicted molar refractivity (Wildman–Crippen MR) is 124 cm³/mol. The molecule has 0 aliphatic carbocycles. The summed E-state index contributed by atoms with van der Waals surface area (Å²) in [6.45, 7) is 3.70. The molecule has 2 aromatic carbocycles. The van der Waals surface area contributed by atoms with Crippen molar-refractivity contribution in [1.29, 1.82) is 0 Å². The van der Waals surface area contributed by atoms with E-state index in [0.29, 0.717) is 18.0 Å². The lowest BCUT2D eigenvalue weighted by atomic mass is 10.2. The van der Waals surface area contributed by atoms with Crippen LogP contribution in [-0.4, -0.2) is 58.1 Å². The fraction of sp³-hybridized carbons (Fsp3) is 0.458. The zero-order valence-corrected chi connectivity index (χ0v) is 19.1. The number of benzene rings is 2. The molecule has 2 heterocycles. The quantitative estimate of drug-likeness (QED) is 0.647. The average Bonchev–Trinajstić information content (AvgIpc) is 3.10. The number of fused-ring (bicyclic) bond motifs is 1. The molecule has 0 unspecified atom stereocenters. The van der Waals surface area contributed by atoms with Crippen LogP contribution in [0.2, 0.25) is 0 Å². The first-order valence-electron chi connectivity index (χ1n) is 11.4. The number of rotatable bonds is 7. The maximum Gasteiger partial charge on any atom is 0.264 e. The van der Waals surface area contributed by atoms with Gasteiger partial charge in [0, 0.05) is 6.54 Å². The minimum Gasteiger partial charge on any atom is -0.476 e. The molecule has 7 nitrogen and oxygen atoms in total. The Morgan fingerprint density at radius 3 is 2.41 bits per heavy atom. The van der Waals surface area contributed by atoms with E-state index < -0.39 is 16.1 Å². The van der Waals surface area contributed by atoms with Crippen LogP contribution >= 0.6 is 0 Å². The molecule has 4 rings (SSSR count). The number of hydrogen-bond acceptors (Lipinski definition) is 5. The second-order valence-electron chi connectivity index (χ2n) is 8.32. The summed E-state index contributed by atoms with van der Waals surface area (Å²) in [5.74, 6) is 0.103.